The fourth-order valence-corrected chi connectivity index (χ4v) is 2.49. The summed E-state index contributed by atoms with van der Waals surface area (Å²) in [6, 6.07) is 4.70. The Morgan fingerprint density at radius 1 is 1.41 bits per heavy atom. The van der Waals surface area contributed by atoms with E-state index in [4.69, 9.17) is 4.74 Å². The predicted molar refractivity (Wildman–Crippen MR) is 64.3 cm³/mol. The van der Waals surface area contributed by atoms with Gasteiger partial charge in [-0.25, -0.2) is 4.39 Å². The molecule has 94 valence electrons. The van der Waals surface area contributed by atoms with Crippen molar-refractivity contribution in [2.45, 2.75) is 44.3 Å². The molecule has 1 aromatic rings. The Morgan fingerprint density at radius 3 is 2.59 bits per heavy atom. The van der Waals surface area contributed by atoms with Crippen LogP contribution in [0.15, 0.2) is 18.2 Å². The molecule has 0 amide bonds. The molecular weight excluding hydrogens is 219 g/mol. The summed E-state index contributed by atoms with van der Waals surface area (Å²) >= 11 is 0. The van der Waals surface area contributed by atoms with Crippen LogP contribution in [0.1, 0.15) is 42.9 Å². The number of aliphatic hydroxyl groups excluding tert-OH is 1. The second-order valence-electron chi connectivity index (χ2n) is 5.02. The average molecular weight is 238 g/mol. The molecule has 0 aliphatic heterocycles. The zero-order valence-corrected chi connectivity index (χ0v) is 10.4. The second-order valence-corrected chi connectivity index (χ2v) is 5.02. The molecule has 0 radical (unpaired) electrons. The lowest BCUT2D eigenvalue weighted by Crippen LogP contribution is -2.40. The highest BCUT2D eigenvalue weighted by Gasteiger charge is 2.39. The van der Waals surface area contributed by atoms with E-state index in [1.807, 2.05) is 13.0 Å². The third-order valence-corrected chi connectivity index (χ3v) is 3.71. The molecule has 0 bridgehead atoms. The SMILES string of the molecule is COC1(CC(O)c2cc(C)cc(F)c2)CCC1. The van der Waals surface area contributed by atoms with Crippen LogP contribution in [0.4, 0.5) is 4.39 Å². The number of hydrogen-bond donors (Lipinski definition) is 1. The van der Waals surface area contributed by atoms with E-state index in [1.165, 1.54) is 12.1 Å². The van der Waals surface area contributed by atoms with Crippen LogP contribution in [0.2, 0.25) is 0 Å². The van der Waals surface area contributed by atoms with E-state index in [9.17, 15) is 9.50 Å². The van der Waals surface area contributed by atoms with Gasteiger partial charge in [-0.1, -0.05) is 6.07 Å². The van der Waals surface area contributed by atoms with Crippen LogP contribution in [0.25, 0.3) is 0 Å². The first kappa shape index (κ1) is 12.5. The van der Waals surface area contributed by atoms with Crippen molar-refractivity contribution in [3.05, 3.63) is 35.1 Å². The molecule has 1 N–H and O–H groups in total. The summed E-state index contributed by atoms with van der Waals surface area (Å²) < 4.78 is 18.7. The fourth-order valence-electron chi connectivity index (χ4n) is 2.49. The third-order valence-electron chi connectivity index (χ3n) is 3.71. The largest absolute Gasteiger partial charge is 0.388 e. The van der Waals surface area contributed by atoms with Crippen molar-refractivity contribution >= 4 is 0 Å². The maximum atomic E-state index is 13.3. The lowest BCUT2D eigenvalue weighted by molar-refractivity contribution is -0.0999. The van der Waals surface area contributed by atoms with Gasteiger partial charge < -0.3 is 9.84 Å². The molecular formula is C14H19FO2. The molecule has 17 heavy (non-hydrogen) atoms. The van der Waals surface area contributed by atoms with Crippen LogP contribution >= 0.6 is 0 Å². The highest BCUT2D eigenvalue weighted by atomic mass is 19.1. The maximum Gasteiger partial charge on any atom is 0.123 e. The Labute approximate surface area is 101 Å². The second kappa shape index (κ2) is 4.75. The minimum Gasteiger partial charge on any atom is -0.388 e. The molecule has 1 aliphatic rings. The zero-order chi connectivity index (χ0) is 12.5. The molecule has 2 nitrogen and oxygen atoms in total. The van der Waals surface area contributed by atoms with Gasteiger partial charge in [0.25, 0.3) is 0 Å². The molecule has 1 unspecified atom stereocenters. The van der Waals surface area contributed by atoms with Crippen LogP contribution in [0.5, 0.6) is 0 Å². The van der Waals surface area contributed by atoms with Crippen molar-refractivity contribution in [2.24, 2.45) is 0 Å². The van der Waals surface area contributed by atoms with Gasteiger partial charge in [0, 0.05) is 13.5 Å². The Bertz CT molecular complexity index is 373. The Hall–Kier alpha value is -0.930. The summed E-state index contributed by atoms with van der Waals surface area (Å²) in [5.74, 6) is -0.292. The quantitative estimate of drug-likeness (QED) is 0.873. The van der Waals surface area contributed by atoms with Crippen LogP contribution in [0.3, 0.4) is 0 Å². The van der Waals surface area contributed by atoms with E-state index in [0.29, 0.717) is 12.0 Å². The van der Waals surface area contributed by atoms with Crippen molar-refractivity contribution < 1.29 is 14.2 Å². The van der Waals surface area contributed by atoms with Gasteiger partial charge in [0.05, 0.1) is 11.7 Å². The van der Waals surface area contributed by atoms with E-state index in [1.54, 1.807) is 7.11 Å². The van der Waals surface area contributed by atoms with Crippen LogP contribution in [0, 0.1) is 12.7 Å². The van der Waals surface area contributed by atoms with Gasteiger partial charge in [-0.3, -0.25) is 0 Å². The smallest absolute Gasteiger partial charge is 0.123 e. The number of aryl methyl sites for hydroxylation is 1. The number of benzene rings is 1. The van der Waals surface area contributed by atoms with E-state index in [-0.39, 0.29) is 11.4 Å². The van der Waals surface area contributed by atoms with Crippen molar-refractivity contribution in [3.63, 3.8) is 0 Å². The molecule has 0 heterocycles. The summed E-state index contributed by atoms with van der Waals surface area (Å²) in [4.78, 5) is 0. The zero-order valence-electron chi connectivity index (χ0n) is 10.4. The number of halogens is 1. The fraction of sp³-hybridized carbons (Fsp3) is 0.571. The van der Waals surface area contributed by atoms with Gasteiger partial charge in [-0.2, -0.15) is 0 Å². The van der Waals surface area contributed by atoms with E-state index in [2.05, 4.69) is 0 Å². The van der Waals surface area contributed by atoms with Gasteiger partial charge in [-0.15, -0.1) is 0 Å². The first-order chi connectivity index (χ1) is 8.04. The van der Waals surface area contributed by atoms with Crippen molar-refractivity contribution in [3.8, 4) is 0 Å². The number of ether oxygens (including phenoxy) is 1. The van der Waals surface area contributed by atoms with Gasteiger partial charge >= 0.3 is 0 Å². The molecule has 2 rings (SSSR count). The average Bonchev–Trinajstić information content (AvgIpc) is 2.21. The molecule has 1 atom stereocenters. The summed E-state index contributed by atoms with van der Waals surface area (Å²) in [6.45, 7) is 1.83. The standard InChI is InChI=1S/C14H19FO2/c1-10-6-11(8-12(15)7-10)13(16)9-14(17-2)4-3-5-14/h6-8,13,16H,3-5,9H2,1-2H3. The molecule has 1 saturated carbocycles. The third kappa shape index (κ3) is 2.67. The van der Waals surface area contributed by atoms with Gasteiger partial charge in [0.15, 0.2) is 0 Å². The first-order valence-electron chi connectivity index (χ1n) is 6.05. The highest BCUT2D eigenvalue weighted by Crippen LogP contribution is 2.41. The van der Waals surface area contributed by atoms with Gasteiger partial charge in [0.2, 0.25) is 0 Å². The molecule has 1 aromatic carbocycles. The van der Waals surface area contributed by atoms with Gasteiger partial charge in [0.1, 0.15) is 5.82 Å². The van der Waals surface area contributed by atoms with Gasteiger partial charge in [-0.05, 0) is 49.4 Å². The van der Waals surface area contributed by atoms with E-state index in [0.717, 1.165) is 24.8 Å². The Balaban J connectivity index is 2.11. The summed E-state index contributed by atoms with van der Waals surface area (Å²) in [5, 5.41) is 10.2. The summed E-state index contributed by atoms with van der Waals surface area (Å²) in [6.07, 6.45) is 3.00. The summed E-state index contributed by atoms with van der Waals surface area (Å²) in [5.41, 5.74) is 1.28. The normalized spacial score (nSPS) is 19.8. The number of aliphatic hydroxyl groups is 1. The monoisotopic (exact) mass is 238 g/mol. The maximum absolute atomic E-state index is 13.3. The molecule has 0 spiro atoms. The van der Waals surface area contributed by atoms with Crippen LogP contribution < -0.4 is 0 Å². The summed E-state index contributed by atoms with van der Waals surface area (Å²) in [7, 11) is 1.68. The van der Waals surface area contributed by atoms with Crippen molar-refractivity contribution in [1.29, 1.82) is 0 Å². The lowest BCUT2D eigenvalue weighted by Gasteiger charge is -2.41. The minimum atomic E-state index is -0.648. The van der Waals surface area contributed by atoms with Crippen molar-refractivity contribution in [2.75, 3.05) is 7.11 Å². The molecule has 0 aromatic heterocycles. The van der Waals surface area contributed by atoms with Crippen LogP contribution in [-0.2, 0) is 4.74 Å². The minimum absolute atomic E-state index is 0.195. The van der Waals surface area contributed by atoms with Crippen molar-refractivity contribution in [1.82, 2.24) is 0 Å². The Morgan fingerprint density at radius 2 is 2.12 bits per heavy atom. The lowest BCUT2D eigenvalue weighted by atomic mass is 9.75. The predicted octanol–water partition coefficient (Wildman–Crippen LogP) is 3.13. The van der Waals surface area contributed by atoms with E-state index < -0.39 is 6.10 Å². The van der Waals surface area contributed by atoms with Crippen LogP contribution in [-0.4, -0.2) is 17.8 Å². The van der Waals surface area contributed by atoms with E-state index >= 15 is 0 Å². The number of rotatable bonds is 4. The number of methoxy groups -OCH3 is 1. The molecule has 0 saturated heterocycles. The molecule has 1 fully saturated rings. The topological polar surface area (TPSA) is 29.5 Å². The molecule has 3 heteroatoms. The Kier molecular flexibility index (Phi) is 3.50. The molecule has 1 aliphatic carbocycles. The highest BCUT2D eigenvalue weighted by molar-refractivity contribution is 5.25. The number of hydrogen-bond acceptors (Lipinski definition) is 2. The first-order valence-corrected chi connectivity index (χ1v) is 6.05.